The summed E-state index contributed by atoms with van der Waals surface area (Å²) in [5, 5.41) is 8.97. The van der Waals surface area contributed by atoms with E-state index >= 15 is 0 Å². The van der Waals surface area contributed by atoms with Gasteiger partial charge in [0.05, 0.1) is 6.04 Å². The summed E-state index contributed by atoms with van der Waals surface area (Å²) in [5.74, 6) is 0.421. The molecule has 1 aliphatic carbocycles. The molecule has 1 saturated carbocycles. The monoisotopic (exact) mass is 385 g/mol. The van der Waals surface area contributed by atoms with Gasteiger partial charge in [-0.25, -0.2) is 0 Å². The first kappa shape index (κ1) is 17.6. The van der Waals surface area contributed by atoms with Gasteiger partial charge >= 0.3 is 0 Å². The highest BCUT2D eigenvalue weighted by molar-refractivity contribution is 6.32. The zero-order chi connectivity index (χ0) is 19.3. The minimum atomic E-state index is -0.560. The summed E-state index contributed by atoms with van der Waals surface area (Å²) in [6, 6.07) is 6.97. The SMILES string of the molecule is C[C@H](Nc1cc(C(N)=O)n(C)n1)c1cc2cc(Cl)c(C3CC3)cc2[nH]c1=O. The summed E-state index contributed by atoms with van der Waals surface area (Å²) in [6.07, 6.45) is 2.29. The molecule has 2 aromatic heterocycles. The number of hydrogen-bond donors (Lipinski definition) is 3. The molecule has 1 aromatic carbocycles. The maximum Gasteiger partial charge on any atom is 0.267 e. The van der Waals surface area contributed by atoms with Crippen molar-refractivity contribution in [2.45, 2.75) is 31.7 Å². The lowest BCUT2D eigenvalue weighted by Gasteiger charge is -2.14. The molecule has 0 radical (unpaired) electrons. The van der Waals surface area contributed by atoms with Crippen molar-refractivity contribution in [2.24, 2.45) is 12.8 Å². The Bertz CT molecular complexity index is 1110. The number of nitrogens with one attached hydrogen (secondary N) is 2. The van der Waals surface area contributed by atoms with E-state index < -0.39 is 5.91 Å². The number of hydrogen-bond acceptors (Lipinski definition) is 4. The number of benzene rings is 1. The number of rotatable bonds is 5. The molecule has 2 heterocycles. The Morgan fingerprint density at radius 1 is 1.37 bits per heavy atom. The van der Waals surface area contributed by atoms with Crippen LogP contribution < -0.4 is 16.6 Å². The summed E-state index contributed by atoms with van der Waals surface area (Å²) in [4.78, 5) is 26.9. The second-order valence-corrected chi connectivity index (χ2v) is 7.46. The number of carbonyl (C=O) groups is 1. The summed E-state index contributed by atoms with van der Waals surface area (Å²) < 4.78 is 1.40. The maximum atomic E-state index is 12.6. The molecule has 0 unspecified atom stereocenters. The second kappa shape index (κ2) is 6.42. The van der Waals surface area contributed by atoms with Gasteiger partial charge < -0.3 is 16.0 Å². The van der Waals surface area contributed by atoms with Gasteiger partial charge in [-0.1, -0.05) is 11.6 Å². The van der Waals surface area contributed by atoms with Crippen LogP contribution in [0.3, 0.4) is 0 Å². The van der Waals surface area contributed by atoms with Crippen LogP contribution in [0.2, 0.25) is 5.02 Å². The number of nitrogens with zero attached hydrogens (tertiary/aromatic N) is 2. The van der Waals surface area contributed by atoms with E-state index in [1.54, 1.807) is 13.1 Å². The van der Waals surface area contributed by atoms with E-state index in [-0.39, 0.29) is 17.3 Å². The van der Waals surface area contributed by atoms with Gasteiger partial charge in [0, 0.05) is 34.6 Å². The molecule has 1 fully saturated rings. The molecule has 140 valence electrons. The van der Waals surface area contributed by atoms with Crippen molar-refractivity contribution in [3.8, 4) is 0 Å². The van der Waals surface area contributed by atoms with Crippen LogP contribution in [0.5, 0.6) is 0 Å². The number of amides is 1. The number of halogens is 1. The maximum absolute atomic E-state index is 12.6. The molecule has 27 heavy (non-hydrogen) atoms. The lowest BCUT2D eigenvalue weighted by molar-refractivity contribution is 0.0991. The van der Waals surface area contributed by atoms with E-state index in [0.29, 0.717) is 17.3 Å². The van der Waals surface area contributed by atoms with Gasteiger partial charge in [0.2, 0.25) is 0 Å². The molecule has 0 saturated heterocycles. The fourth-order valence-corrected chi connectivity index (χ4v) is 3.68. The molecule has 4 rings (SSSR count). The summed E-state index contributed by atoms with van der Waals surface area (Å²) in [5.41, 5.74) is 7.88. The topological polar surface area (TPSA) is 106 Å². The number of pyridine rings is 1. The van der Waals surface area contributed by atoms with Crippen molar-refractivity contribution in [2.75, 3.05) is 5.32 Å². The van der Waals surface area contributed by atoms with E-state index in [0.717, 1.165) is 34.3 Å². The number of anilines is 1. The lowest BCUT2D eigenvalue weighted by atomic mass is 10.0. The Balaban J connectivity index is 1.67. The Hall–Kier alpha value is -2.80. The molecular weight excluding hydrogens is 366 g/mol. The number of carbonyl (C=O) groups excluding carboxylic acids is 1. The number of aromatic nitrogens is 3. The molecule has 8 heteroatoms. The number of primary amides is 1. The molecule has 1 amide bonds. The van der Waals surface area contributed by atoms with Crippen molar-refractivity contribution >= 4 is 34.2 Å². The number of fused-ring (bicyclic) bond motifs is 1. The van der Waals surface area contributed by atoms with Gasteiger partial charge in [-0.05, 0) is 49.4 Å². The van der Waals surface area contributed by atoms with E-state index in [2.05, 4.69) is 15.4 Å². The Kier molecular flexibility index (Phi) is 4.19. The van der Waals surface area contributed by atoms with Crippen LogP contribution in [0.25, 0.3) is 10.9 Å². The van der Waals surface area contributed by atoms with Gasteiger partial charge in [-0.15, -0.1) is 0 Å². The fourth-order valence-electron chi connectivity index (χ4n) is 3.36. The van der Waals surface area contributed by atoms with Crippen LogP contribution >= 0.6 is 11.6 Å². The fraction of sp³-hybridized carbons (Fsp3) is 0.316. The van der Waals surface area contributed by atoms with Crippen LogP contribution in [0.15, 0.2) is 29.1 Å². The third kappa shape index (κ3) is 3.30. The number of nitrogens with two attached hydrogens (primary N) is 1. The first-order valence-corrected chi connectivity index (χ1v) is 9.18. The lowest BCUT2D eigenvalue weighted by Crippen LogP contribution is -2.19. The predicted octanol–water partition coefficient (Wildman–Crippen LogP) is 3.06. The molecule has 0 spiro atoms. The van der Waals surface area contributed by atoms with Crippen molar-refractivity contribution in [3.05, 3.63) is 56.5 Å². The highest BCUT2D eigenvalue weighted by Crippen LogP contribution is 2.44. The molecule has 0 aliphatic heterocycles. The van der Waals surface area contributed by atoms with Crippen LogP contribution in [-0.4, -0.2) is 20.7 Å². The molecule has 3 aromatic rings. The second-order valence-electron chi connectivity index (χ2n) is 7.06. The van der Waals surface area contributed by atoms with Gasteiger partial charge in [0.15, 0.2) is 0 Å². The smallest absolute Gasteiger partial charge is 0.267 e. The van der Waals surface area contributed by atoms with Crippen molar-refractivity contribution in [1.82, 2.24) is 14.8 Å². The largest absolute Gasteiger partial charge is 0.364 e. The summed E-state index contributed by atoms with van der Waals surface area (Å²) in [7, 11) is 1.64. The number of aryl methyl sites for hydroxylation is 1. The van der Waals surface area contributed by atoms with Gasteiger partial charge in [0.1, 0.15) is 11.5 Å². The first-order chi connectivity index (χ1) is 12.8. The molecule has 1 aliphatic rings. The van der Waals surface area contributed by atoms with Crippen molar-refractivity contribution < 1.29 is 4.79 Å². The normalized spacial score (nSPS) is 15.1. The van der Waals surface area contributed by atoms with Gasteiger partial charge in [-0.2, -0.15) is 5.10 Å². The third-order valence-electron chi connectivity index (χ3n) is 4.97. The average molecular weight is 386 g/mol. The van der Waals surface area contributed by atoms with E-state index in [4.69, 9.17) is 17.3 Å². The average Bonchev–Trinajstić information content (AvgIpc) is 3.37. The quantitative estimate of drug-likeness (QED) is 0.627. The van der Waals surface area contributed by atoms with Crippen LogP contribution in [0.1, 0.15) is 53.3 Å². The van der Waals surface area contributed by atoms with Crippen molar-refractivity contribution in [3.63, 3.8) is 0 Å². The van der Waals surface area contributed by atoms with Crippen LogP contribution in [0.4, 0.5) is 5.82 Å². The Morgan fingerprint density at radius 3 is 2.74 bits per heavy atom. The van der Waals surface area contributed by atoms with E-state index in [1.165, 1.54) is 4.68 Å². The van der Waals surface area contributed by atoms with Crippen molar-refractivity contribution in [1.29, 1.82) is 0 Å². The zero-order valence-corrected chi connectivity index (χ0v) is 15.8. The summed E-state index contributed by atoms with van der Waals surface area (Å²) >= 11 is 6.43. The highest BCUT2D eigenvalue weighted by atomic mass is 35.5. The van der Waals surface area contributed by atoms with E-state index in [1.807, 2.05) is 25.1 Å². The Morgan fingerprint density at radius 2 is 2.11 bits per heavy atom. The minimum Gasteiger partial charge on any atom is -0.364 e. The zero-order valence-electron chi connectivity index (χ0n) is 15.0. The van der Waals surface area contributed by atoms with E-state index in [9.17, 15) is 9.59 Å². The van der Waals surface area contributed by atoms with Crippen LogP contribution in [-0.2, 0) is 7.05 Å². The standard InChI is InChI=1S/C19H20ClN5O2/c1-9(22-17-8-16(18(21)26)25(2)24-17)12-5-11-6-14(20)13(10-3-4-10)7-15(11)23-19(12)27/h5-10H,3-4H2,1-2H3,(H2,21,26)(H,22,24)(H,23,27)/t9-/m0/s1. The van der Waals surface area contributed by atoms with Gasteiger partial charge in [0.25, 0.3) is 11.5 Å². The molecular formula is C19H20ClN5O2. The highest BCUT2D eigenvalue weighted by Gasteiger charge is 2.26. The van der Waals surface area contributed by atoms with Crippen LogP contribution in [0, 0.1) is 0 Å². The number of H-pyrrole nitrogens is 1. The predicted molar refractivity (Wildman–Crippen MR) is 105 cm³/mol. The molecule has 4 N–H and O–H groups in total. The summed E-state index contributed by atoms with van der Waals surface area (Å²) in [6.45, 7) is 1.86. The molecule has 7 nitrogen and oxygen atoms in total. The molecule has 0 bridgehead atoms. The third-order valence-corrected chi connectivity index (χ3v) is 5.30. The number of aromatic amines is 1. The minimum absolute atomic E-state index is 0.169. The molecule has 1 atom stereocenters. The van der Waals surface area contributed by atoms with Gasteiger partial charge in [-0.3, -0.25) is 14.3 Å². The first-order valence-electron chi connectivity index (χ1n) is 8.80. The Labute approximate surface area is 160 Å².